The molecule has 6 heteroatoms. The molecular formula is C13H10ClFN2S2. The zero-order valence-corrected chi connectivity index (χ0v) is 12.5. The summed E-state index contributed by atoms with van der Waals surface area (Å²) in [7, 11) is 0. The lowest BCUT2D eigenvalue weighted by atomic mass is 10.1. The lowest BCUT2D eigenvalue weighted by Crippen LogP contribution is -1.94. The summed E-state index contributed by atoms with van der Waals surface area (Å²) in [5, 5.41) is 1.70. The molecule has 2 rings (SSSR count). The van der Waals surface area contributed by atoms with Gasteiger partial charge in [0.15, 0.2) is 0 Å². The molecule has 0 aliphatic carbocycles. The first kappa shape index (κ1) is 14.2. The van der Waals surface area contributed by atoms with E-state index in [1.807, 2.05) is 0 Å². The molecule has 0 bridgehead atoms. The maximum atomic E-state index is 14.2. The Labute approximate surface area is 124 Å². The molecule has 0 amide bonds. The molecular weight excluding hydrogens is 303 g/mol. The standard InChI is InChI=1S/C13H10ClFN2S2/c1-4-6-8(18-5-2)9-10(14)11(15)7(3)12-13(9)17-19-16-12/h4-6H,1-2H2,3H3/b8-6-. The molecule has 2 aromatic rings. The molecule has 98 valence electrons. The summed E-state index contributed by atoms with van der Waals surface area (Å²) in [5.41, 5.74) is 2.11. The van der Waals surface area contributed by atoms with Gasteiger partial charge in [-0.25, -0.2) is 4.39 Å². The first-order valence-corrected chi connectivity index (χ1v) is 7.31. The summed E-state index contributed by atoms with van der Waals surface area (Å²) in [4.78, 5) is 0.742. The van der Waals surface area contributed by atoms with Crippen molar-refractivity contribution in [3.05, 3.63) is 52.7 Å². The number of halogens is 2. The van der Waals surface area contributed by atoms with Gasteiger partial charge >= 0.3 is 0 Å². The van der Waals surface area contributed by atoms with E-state index >= 15 is 0 Å². The summed E-state index contributed by atoms with van der Waals surface area (Å²) in [6, 6.07) is 0. The highest BCUT2D eigenvalue weighted by molar-refractivity contribution is 8.10. The largest absolute Gasteiger partial charge is 0.205 e. The van der Waals surface area contributed by atoms with E-state index in [-0.39, 0.29) is 5.02 Å². The van der Waals surface area contributed by atoms with Gasteiger partial charge in [-0.05, 0) is 18.4 Å². The fourth-order valence-corrected chi connectivity index (χ4v) is 3.35. The summed E-state index contributed by atoms with van der Waals surface area (Å²) in [6.45, 7) is 8.96. The van der Waals surface area contributed by atoms with Gasteiger partial charge < -0.3 is 0 Å². The topological polar surface area (TPSA) is 25.8 Å². The minimum absolute atomic E-state index is 0.0557. The van der Waals surface area contributed by atoms with Crippen LogP contribution in [0, 0.1) is 12.7 Å². The van der Waals surface area contributed by atoms with Crippen LogP contribution >= 0.6 is 35.1 Å². The number of aromatic nitrogens is 2. The maximum Gasteiger partial charge on any atom is 0.147 e. The van der Waals surface area contributed by atoms with Crippen LogP contribution in [0.4, 0.5) is 4.39 Å². The highest BCUT2D eigenvalue weighted by Gasteiger charge is 2.21. The van der Waals surface area contributed by atoms with Gasteiger partial charge in [0.25, 0.3) is 0 Å². The van der Waals surface area contributed by atoms with E-state index in [0.717, 1.165) is 16.6 Å². The number of thioether (sulfide) groups is 1. The van der Waals surface area contributed by atoms with E-state index in [2.05, 4.69) is 21.9 Å². The van der Waals surface area contributed by atoms with Crippen LogP contribution in [0.2, 0.25) is 5.02 Å². The Morgan fingerprint density at radius 3 is 2.68 bits per heavy atom. The molecule has 0 aliphatic rings. The first-order chi connectivity index (χ1) is 9.11. The van der Waals surface area contributed by atoms with E-state index in [0.29, 0.717) is 22.2 Å². The average molecular weight is 313 g/mol. The predicted molar refractivity (Wildman–Crippen MR) is 83.1 cm³/mol. The van der Waals surface area contributed by atoms with Crippen molar-refractivity contribution in [3.8, 4) is 0 Å². The minimum atomic E-state index is -0.462. The van der Waals surface area contributed by atoms with Gasteiger partial charge in [0.1, 0.15) is 16.9 Å². The van der Waals surface area contributed by atoms with Crippen molar-refractivity contribution in [1.29, 1.82) is 0 Å². The fraction of sp³-hybridized carbons (Fsp3) is 0.0769. The van der Waals surface area contributed by atoms with E-state index in [9.17, 15) is 4.39 Å². The zero-order chi connectivity index (χ0) is 14.0. The smallest absolute Gasteiger partial charge is 0.147 e. The van der Waals surface area contributed by atoms with Crippen molar-refractivity contribution >= 4 is 51.0 Å². The van der Waals surface area contributed by atoms with Gasteiger partial charge in [-0.15, -0.1) is 0 Å². The molecule has 0 fully saturated rings. The van der Waals surface area contributed by atoms with E-state index in [1.54, 1.807) is 24.5 Å². The van der Waals surface area contributed by atoms with Crippen molar-refractivity contribution < 1.29 is 4.39 Å². The SMILES string of the molecule is C=C/C=C(\SC=C)c1c(Cl)c(F)c(C)c2nsnc12. The predicted octanol–water partition coefficient (Wildman–Crippen LogP) is 5.20. The fourth-order valence-electron chi connectivity index (χ4n) is 1.68. The number of nitrogens with zero attached hydrogens (tertiary/aromatic N) is 2. The van der Waals surface area contributed by atoms with Crippen LogP contribution in [0.25, 0.3) is 15.9 Å². The lowest BCUT2D eigenvalue weighted by Gasteiger charge is -2.10. The van der Waals surface area contributed by atoms with Crippen LogP contribution in [0.5, 0.6) is 0 Å². The minimum Gasteiger partial charge on any atom is -0.205 e. The van der Waals surface area contributed by atoms with Gasteiger partial charge in [0, 0.05) is 16.0 Å². The summed E-state index contributed by atoms with van der Waals surface area (Å²) in [5.74, 6) is -0.462. The molecule has 0 saturated heterocycles. The second-order valence-corrected chi connectivity index (χ2v) is 5.56. The Balaban J connectivity index is 2.85. The van der Waals surface area contributed by atoms with Gasteiger partial charge in [0.05, 0.1) is 16.8 Å². The Morgan fingerprint density at radius 1 is 1.37 bits per heavy atom. The van der Waals surface area contributed by atoms with Crippen LogP contribution in [-0.4, -0.2) is 8.75 Å². The Hall–Kier alpha value is -1.17. The summed E-state index contributed by atoms with van der Waals surface area (Å²) >= 11 is 8.52. The van der Waals surface area contributed by atoms with Gasteiger partial charge in [0.2, 0.25) is 0 Å². The van der Waals surface area contributed by atoms with Crippen LogP contribution in [0.1, 0.15) is 11.1 Å². The molecule has 0 N–H and O–H groups in total. The molecule has 19 heavy (non-hydrogen) atoms. The molecule has 2 nitrogen and oxygen atoms in total. The van der Waals surface area contributed by atoms with Crippen LogP contribution < -0.4 is 0 Å². The van der Waals surface area contributed by atoms with Gasteiger partial charge in [-0.3, -0.25) is 0 Å². The molecule has 0 saturated carbocycles. The Kier molecular flexibility index (Phi) is 4.39. The van der Waals surface area contributed by atoms with Crippen molar-refractivity contribution in [2.45, 2.75) is 6.92 Å². The van der Waals surface area contributed by atoms with Crippen LogP contribution in [0.15, 0.2) is 30.7 Å². The molecule has 1 aromatic carbocycles. The number of aryl methyl sites for hydroxylation is 1. The second-order valence-electron chi connectivity index (χ2n) is 3.64. The highest BCUT2D eigenvalue weighted by Crippen LogP contribution is 2.40. The Morgan fingerprint density at radius 2 is 2.05 bits per heavy atom. The molecule has 0 atom stereocenters. The number of rotatable bonds is 4. The lowest BCUT2D eigenvalue weighted by molar-refractivity contribution is 0.621. The number of benzene rings is 1. The number of hydrogen-bond acceptors (Lipinski definition) is 4. The van der Waals surface area contributed by atoms with Crippen molar-refractivity contribution in [2.24, 2.45) is 0 Å². The molecule has 1 heterocycles. The third kappa shape index (κ3) is 2.45. The normalized spacial score (nSPS) is 11.8. The first-order valence-electron chi connectivity index (χ1n) is 5.32. The van der Waals surface area contributed by atoms with Gasteiger partial charge in [-0.2, -0.15) is 8.75 Å². The molecule has 0 aliphatic heterocycles. The third-order valence-electron chi connectivity index (χ3n) is 2.55. The number of allylic oxidation sites excluding steroid dienone is 2. The van der Waals surface area contributed by atoms with Gasteiger partial charge in [-0.1, -0.05) is 42.6 Å². The van der Waals surface area contributed by atoms with Crippen molar-refractivity contribution in [1.82, 2.24) is 8.75 Å². The van der Waals surface area contributed by atoms with Crippen molar-refractivity contribution in [3.63, 3.8) is 0 Å². The molecule has 0 radical (unpaired) electrons. The van der Waals surface area contributed by atoms with E-state index in [1.165, 1.54) is 11.8 Å². The van der Waals surface area contributed by atoms with E-state index in [4.69, 9.17) is 11.6 Å². The second kappa shape index (κ2) is 5.86. The zero-order valence-electron chi connectivity index (χ0n) is 10.1. The number of hydrogen-bond donors (Lipinski definition) is 0. The molecule has 0 unspecified atom stereocenters. The molecule has 0 spiro atoms. The quantitative estimate of drug-likeness (QED) is 0.726. The average Bonchev–Trinajstić information content (AvgIpc) is 2.86. The van der Waals surface area contributed by atoms with Crippen LogP contribution in [-0.2, 0) is 0 Å². The summed E-state index contributed by atoms with van der Waals surface area (Å²) in [6.07, 6.45) is 3.37. The van der Waals surface area contributed by atoms with Crippen molar-refractivity contribution in [2.75, 3.05) is 0 Å². The molecule has 1 aromatic heterocycles. The summed E-state index contributed by atoms with van der Waals surface area (Å²) < 4.78 is 22.5. The van der Waals surface area contributed by atoms with Crippen LogP contribution in [0.3, 0.4) is 0 Å². The number of fused-ring (bicyclic) bond motifs is 1. The monoisotopic (exact) mass is 312 g/mol. The van der Waals surface area contributed by atoms with E-state index < -0.39 is 5.82 Å². The highest BCUT2D eigenvalue weighted by atomic mass is 35.5. The Bertz CT molecular complexity index is 691. The third-order valence-corrected chi connectivity index (χ3v) is 4.19. The maximum absolute atomic E-state index is 14.2.